The lowest BCUT2D eigenvalue weighted by Gasteiger charge is -2.18. The molecule has 0 bridgehead atoms. The van der Waals surface area contributed by atoms with Gasteiger partial charge in [0.05, 0.1) is 12.7 Å². The molecule has 3 N–H and O–H groups in total. The second-order valence-electron chi connectivity index (χ2n) is 9.22. The van der Waals surface area contributed by atoms with E-state index in [-0.39, 0.29) is 25.2 Å². The molecule has 13 heteroatoms. The van der Waals surface area contributed by atoms with Gasteiger partial charge in [-0.1, -0.05) is 24.3 Å². The van der Waals surface area contributed by atoms with Crippen molar-refractivity contribution in [1.82, 2.24) is 35.9 Å². The standard InChI is InChI=1S/C30H26N8O5/c1-18-23(4-3-13-32-30(39)34-20-11-14-31-15-12-20)26(19-5-7-21(40-2)8-6-19)27(28-35-37-38-36-28)29(33-18)43-22-9-10-24-25(16-22)42-17-41-24/h3-12,14-16H,13,17H2,1-2H3,(H2,31,32,34,39)(H,35,36,37,38). The number of methoxy groups -OCH3 is 1. The molecule has 2 amide bonds. The van der Waals surface area contributed by atoms with Crippen LogP contribution in [0.25, 0.3) is 28.6 Å². The van der Waals surface area contributed by atoms with Crippen molar-refractivity contribution in [1.29, 1.82) is 0 Å². The number of pyridine rings is 2. The van der Waals surface area contributed by atoms with Crippen LogP contribution in [-0.4, -0.2) is 57.1 Å². The highest BCUT2D eigenvalue weighted by Gasteiger charge is 2.25. The molecule has 0 spiro atoms. The van der Waals surface area contributed by atoms with Gasteiger partial charge in [-0.25, -0.2) is 9.78 Å². The van der Waals surface area contributed by atoms with Crippen LogP contribution < -0.4 is 29.6 Å². The van der Waals surface area contributed by atoms with Crippen LogP contribution in [-0.2, 0) is 0 Å². The molecule has 6 rings (SSSR count). The number of nitrogens with zero attached hydrogens (tertiary/aromatic N) is 5. The summed E-state index contributed by atoms with van der Waals surface area (Å²) in [6.45, 7) is 2.28. The molecule has 43 heavy (non-hydrogen) atoms. The molecule has 1 aliphatic heterocycles. The van der Waals surface area contributed by atoms with Crippen molar-refractivity contribution >= 4 is 17.8 Å². The van der Waals surface area contributed by atoms with Crippen molar-refractivity contribution in [3.63, 3.8) is 0 Å². The molecule has 0 radical (unpaired) electrons. The van der Waals surface area contributed by atoms with Gasteiger partial charge in [0.25, 0.3) is 0 Å². The zero-order valence-corrected chi connectivity index (χ0v) is 23.2. The number of urea groups is 1. The van der Waals surface area contributed by atoms with E-state index in [1.165, 1.54) is 0 Å². The maximum Gasteiger partial charge on any atom is 0.319 e. The lowest BCUT2D eigenvalue weighted by molar-refractivity contribution is 0.174. The number of benzene rings is 2. The molecule has 2 aromatic carbocycles. The predicted octanol–water partition coefficient (Wildman–Crippen LogP) is 5.00. The van der Waals surface area contributed by atoms with E-state index < -0.39 is 0 Å². The zero-order valence-electron chi connectivity index (χ0n) is 23.2. The van der Waals surface area contributed by atoms with Gasteiger partial charge in [-0.3, -0.25) is 4.98 Å². The van der Waals surface area contributed by atoms with E-state index in [2.05, 4.69) is 36.2 Å². The quantitative estimate of drug-likeness (QED) is 0.217. The highest BCUT2D eigenvalue weighted by atomic mass is 16.7. The van der Waals surface area contributed by atoms with E-state index in [0.717, 1.165) is 16.7 Å². The Morgan fingerprint density at radius 2 is 1.81 bits per heavy atom. The number of anilines is 1. The number of amides is 2. The third-order valence-corrected chi connectivity index (χ3v) is 6.50. The molecule has 0 unspecified atom stereocenters. The Balaban J connectivity index is 1.38. The number of tetrazole rings is 1. The SMILES string of the molecule is COc1ccc(-c2c(C=CCNC(=O)Nc3ccncc3)c(C)nc(Oc3ccc4c(c3)OCO4)c2-c2nn[nH]n2)cc1. The first-order valence-corrected chi connectivity index (χ1v) is 13.2. The number of hydrogen-bond donors (Lipinski definition) is 3. The summed E-state index contributed by atoms with van der Waals surface area (Å²) < 4.78 is 22.7. The van der Waals surface area contributed by atoms with E-state index in [1.807, 2.05) is 43.3 Å². The minimum Gasteiger partial charge on any atom is -0.497 e. The van der Waals surface area contributed by atoms with Gasteiger partial charge >= 0.3 is 6.03 Å². The molecule has 4 heterocycles. The van der Waals surface area contributed by atoms with Crippen molar-refractivity contribution in [3.8, 4) is 51.4 Å². The van der Waals surface area contributed by atoms with Crippen LogP contribution in [0, 0.1) is 6.92 Å². The second-order valence-corrected chi connectivity index (χ2v) is 9.22. The van der Waals surface area contributed by atoms with E-state index >= 15 is 0 Å². The normalized spacial score (nSPS) is 11.9. The van der Waals surface area contributed by atoms with Crippen LogP contribution in [0.2, 0.25) is 0 Å². The van der Waals surface area contributed by atoms with Gasteiger partial charge in [0.15, 0.2) is 11.5 Å². The highest BCUT2D eigenvalue weighted by Crippen LogP contribution is 2.44. The summed E-state index contributed by atoms with van der Waals surface area (Å²) in [5.74, 6) is 2.97. The third-order valence-electron chi connectivity index (χ3n) is 6.50. The number of aryl methyl sites for hydroxylation is 1. The zero-order chi connectivity index (χ0) is 29.6. The Bertz CT molecular complexity index is 1760. The van der Waals surface area contributed by atoms with Gasteiger partial charge in [-0.05, 0) is 54.1 Å². The van der Waals surface area contributed by atoms with Gasteiger partial charge in [0.2, 0.25) is 18.5 Å². The molecule has 0 aliphatic carbocycles. The Kier molecular flexibility index (Phi) is 7.76. The van der Waals surface area contributed by atoms with E-state index in [9.17, 15) is 4.79 Å². The molecule has 0 fully saturated rings. The number of H-pyrrole nitrogens is 1. The molecule has 3 aromatic heterocycles. The fraction of sp³-hybridized carbons (Fsp3) is 0.133. The van der Waals surface area contributed by atoms with Crippen molar-refractivity contribution in [3.05, 3.63) is 84.3 Å². The smallest absolute Gasteiger partial charge is 0.319 e. The van der Waals surface area contributed by atoms with Crippen molar-refractivity contribution in [2.75, 3.05) is 25.8 Å². The number of aromatic amines is 1. The average Bonchev–Trinajstić information content (AvgIpc) is 3.73. The van der Waals surface area contributed by atoms with Crippen LogP contribution in [0.3, 0.4) is 0 Å². The number of carbonyl (C=O) groups excluding carboxylic acids is 1. The first-order valence-electron chi connectivity index (χ1n) is 13.2. The summed E-state index contributed by atoms with van der Waals surface area (Å²) in [7, 11) is 1.61. The first kappa shape index (κ1) is 27.2. The van der Waals surface area contributed by atoms with Gasteiger partial charge in [-0.2, -0.15) is 5.21 Å². The Morgan fingerprint density at radius 3 is 2.58 bits per heavy atom. The number of nitrogens with one attached hydrogen (secondary N) is 3. The Morgan fingerprint density at radius 1 is 1.02 bits per heavy atom. The number of carbonyl (C=O) groups is 1. The number of aromatic nitrogens is 6. The lowest BCUT2D eigenvalue weighted by atomic mass is 9.93. The monoisotopic (exact) mass is 578 g/mol. The number of ether oxygens (including phenoxy) is 4. The van der Waals surface area contributed by atoms with Crippen LogP contribution in [0.1, 0.15) is 11.3 Å². The Hall–Kier alpha value is -5.98. The summed E-state index contributed by atoms with van der Waals surface area (Å²) >= 11 is 0. The highest BCUT2D eigenvalue weighted by molar-refractivity contribution is 5.91. The summed E-state index contributed by atoms with van der Waals surface area (Å²) in [6, 6.07) is 15.9. The molecule has 1 aliphatic rings. The maximum atomic E-state index is 12.4. The van der Waals surface area contributed by atoms with Crippen molar-refractivity contribution < 1.29 is 23.7 Å². The number of fused-ring (bicyclic) bond motifs is 1. The van der Waals surface area contributed by atoms with Crippen molar-refractivity contribution in [2.45, 2.75) is 6.92 Å². The van der Waals surface area contributed by atoms with E-state index in [1.54, 1.807) is 49.8 Å². The molecular formula is C30H26N8O5. The molecule has 0 saturated heterocycles. The maximum absolute atomic E-state index is 12.4. The van der Waals surface area contributed by atoms with Crippen LogP contribution >= 0.6 is 0 Å². The molecular weight excluding hydrogens is 552 g/mol. The molecule has 5 aromatic rings. The largest absolute Gasteiger partial charge is 0.497 e. The van der Waals surface area contributed by atoms with E-state index in [0.29, 0.717) is 45.8 Å². The van der Waals surface area contributed by atoms with Gasteiger partial charge in [-0.15, -0.1) is 10.2 Å². The van der Waals surface area contributed by atoms with Crippen LogP contribution in [0.5, 0.6) is 28.9 Å². The summed E-state index contributed by atoms with van der Waals surface area (Å²) in [5.41, 5.74) is 4.20. The van der Waals surface area contributed by atoms with Gasteiger partial charge in [0.1, 0.15) is 11.5 Å². The fourth-order valence-electron chi connectivity index (χ4n) is 4.49. The van der Waals surface area contributed by atoms with E-state index in [4.69, 9.17) is 23.9 Å². The number of hydrogen-bond acceptors (Lipinski definition) is 10. The summed E-state index contributed by atoms with van der Waals surface area (Å²) in [5, 5.41) is 20.4. The summed E-state index contributed by atoms with van der Waals surface area (Å²) in [4.78, 5) is 21.1. The topological polar surface area (TPSA) is 158 Å². The van der Waals surface area contributed by atoms with Gasteiger partial charge in [0, 0.05) is 47.5 Å². The first-order chi connectivity index (χ1) is 21.1. The minimum atomic E-state index is -0.346. The minimum absolute atomic E-state index is 0.146. The average molecular weight is 579 g/mol. The number of rotatable bonds is 9. The van der Waals surface area contributed by atoms with Crippen molar-refractivity contribution in [2.24, 2.45) is 0 Å². The predicted molar refractivity (Wildman–Crippen MR) is 157 cm³/mol. The summed E-state index contributed by atoms with van der Waals surface area (Å²) in [6.07, 6.45) is 6.94. The molecule has 13 nitrogen and oxygen atoms in total. The lowest BCUT2D eigenvalue weighted by Crippen LogP contribution is -2.28. The Labute approximate surface area is 245 Å². The molecule has 0 saturated carbocycles. The third kappa shape index (κ3) is 6.05. The van der Waals surface area contributed by atoms with Crippen LogP contribution in [0.4, 0.5) is 10.5 Å². The van der Waals surface area contributed by atoms with Crippen LogP contribution in [0.15, 0.2) is 73.1 Å². The molecule has 216 valence electrons. The van der Waals surface area contributed by atoms with Gasteiger partial charge < -0.3 is 29.6 Å². The second kappa shape index (κ2) is 12.3. The fourth-order valence-corrected chi connectivity index (χ4v) is 4.49. The molecule has 0 atom stereocenters.